The van der Waals surface area contributed by atoms with Gasteiger partial charge in [-0.2, -0.15) is 0 Å². The van der Waals surface area contributed by atoms with Gasteiger partial charge in [0, 0.05) is 23.7 Å². The molecule has 20 heavy (non-hydrogen) atoms. The maximum atomic E-state index is 5.66. The van der Waals surface area contributed by atoms with E-state index in [4.69, 9.17) is 4.42 Å². The summed E-state index contributed by atoms with van der Waals surface area (Å²) in [4.78, 5) is 2.50. The average Bonchev–Trinajstić information content (AvgIpc) is 2.84. The van der Waals surface area contributed by atoms with Gasteiger partial charge in [-0.1, -0.05) is 19.3 Å². The van der Waals surface area contributed by atoms with E-state index in [9.17, 15) is 0 Å². The van der Waals surface area contributed by atoms with Crippen LogP contribution in [0.4, 0.5) is 0 Å². The van der Waals surface area contributed by atoms with Crippen LogP contribution in [0.1, 0.15) is 64.2 Å². The van der Waals surface area contributed by atoms with E-state index in [-0.39, 0.29) is 5.54 Å². The average molecular weight is 278 g/mol. The molecule has 1 heterocycles. The van der Waals surface area contributed by atoms with Crippen molar-refractivity contribution in [2.45, 2.75) is 77.5 Å². The largest absolute Gasteiger partial charge is 0.468 e. The molecule has 1 fully saturated rings. The summed E-state index contributed by atoms with van der Waals surface area (Å²) in [5.74, 6) is 1.09. The van der Waals surface area contributed by atoms with Crippen LogP contribution in [-0.4, -0.2) is 23.5 Å². The lowest BCUT2D eigenvalue weighted by atomic mass is 9.94. The van der Waals surface area contributed by atoms with Gasteiger partial charge in [0.2, 0.25) is 0 Å². The van der Waals surface area contributed by atoms with E-state index < -0.39 is 0 Å². The van der Waals surface area contributed by atoms with Gasteiger partial charge in [0.1, 0.15) is 5.76 Å². The first-order valence-corrected chi connectivity index (χ1v) is 7.96. The maximum Gasteiger partial charge on any atom is 0.122 e. The molecule has 1 aliphatic rings. The third-order valence-corrected chi connectivity index (χ3v) is 4.23. The van der Waals surface area contributed by atoms with Crippen molar-refractivity contribution in [1.29, 1.82) is 0 Å². The molecule has 1 aromatic heterocycles. The highest BCUT2D eigenvalue weighted by Crippen LogP contribution is 2.24. The van der Waals surface area contributed by atoms with E-state index in [0.29, 0.717) is 0 Å². The van der Waals surface area contributed by atoms with Crippen molar-refractivity contribution < 1.29 is 4.42 Å². The number of nitrogens with one attached hydrogen (secondary N) is 1. The standard InChI is InChI=1S/C17H30N2O/c1-17(2,3)18-12-16-14(10-11-20-16)13-19(4)15-8-6-5-7-9-15/h10-11,15,18H,5-9,12-13H2,1-4H3. The Morgan fingerprint density at radius 2 is 1.95 bits per heavy atom. The van der Waals surface area contributed by atoms with Crippen molar-refractivity contribution in [3.63, 3.8) is 0 Å². The molecule has 1 saturated carbocycles. The topological polar surface area (TPSA) is 28.4 Å². The van der Waals surface area contributed by atoms with Gasteiger partial charge < -0.3 is 9.73 Å². The van der Waals surface area contributed by atoms with Crippen LogP contribution >= 0.6 is 0 Å². The van der Waals surface area contributed by atoms with Crippen LogP contribution in [-0.2, 0) is 13.1 Å². The van der Waals surface area contributed by atoms with Crippen molar-refractivity contribution in [2.24, 2.45) is 0 Å². The normalized spacial score (nSPS) is 17.9. The van der Waals surface area contributed by atoms with Gasteiger partial charge in [-0.15, -0.1) is 0 Å². The summed E-state index contributed by atoms with van der Waals surface area (Å²) in [6, 6.07) is 2.88. The van der Waals surface area contributed by atoms with E-state index in [1.165, 1.54) is 37.7 Å². The van der Waals surface area contributed by atoms with Crippen molar-refractivity contribution in [1.82, 2.24) is 10.2 Å². The third kappa shape index (κ3) is 4.64. The molecule has 0 atom stereocenters. The molecule has 3 heteroatoms. The number of rotatable bonds is 5. The van der Waals surface area contributed by atoms with Gasteiger partial charge in [-0.25, -0.2) is 0 Å². The predicted octanol–water partition coefficient (Wildman–Crippen LogP) is 3.93. The maximum absolute atomic E-state index is 5.66. The van der Waals surface area contributed by atoms with Crippen molar-refractivity contribution >= 4 is 0 Å². The van der Waals surface area contributed by atoms with E-state index in [0.717, 1.165) is 24.9 Å². The summed E-state index contributed by atoms with van der Waals surface area (Å²) < 4.78 is 5.66. The quantitative estimate of drug-likeness (QED) is 0.884. The molecule has 0 spiro atoms. The van der Waals surface area contributed by atoms with Gasteiger partial charge in [0.15, 0.2) is 0 Å². The lowest BCUT2D eigenvalue weighted by Crippen LogP contribution is -2.36. The molecule has 1 aromatic rings. The van der Waals surface area contributed by atoms with Gasteiger partial charge in [-0.3, -0.25) is 4.90 Å². The Kier molecular flexibility index (Phi) is 5.28. The molecular weight excluding hydrogens is 248 g/mol. The van der Waals surface area contributed by atoms with E-state index >= 15 is 0 Å². The van der Waals surface area contributed by atoms with Crippen LogP contribution in [0.2, 0.25) is 0 Å². The van der Waals surface area contributed by atoms with Crippen molar-refractivity contribution in [3.8, 4) is 0 Å². The lowest BCUT2D eigenvalue weighted by molar-refractivity contribution is 0.183. The highest BCUT2D eigenvalue weighted by Gasteiger charge is 2.20. The van der Waals surface area contributed by atoms with Crippen molar-refractivity contribution in [2.75, 3.05) is 7.05 Å². The van der Waals surface area contributed by atoms with Crippen LogP contribution in [0, 0.1) is 0 Å². The SMILES string of the molecule is CN(Cc1ccoc1CNC(C)(C)C)C1CCCCC1. The summed E-state index contributed by atoms with van der Waals surface area (Å²) in [6.45, 7) is 8.37. The zero-order valence-corrected chi connectivity index (χ0v) is 13.5. The predicted molar refractivity (Wildman–Crippen MR) is 83.6 cm³/mol. The van der Waals surface area contributed by atoms with E-state index in [1.54, 1.807) is 0 Å². The minimum Gasteiger partial charge on any atom is -0.468 e. The Morgan fingerprint density at radius 1 is 1.25 bits per heavy atom. The summed E-state index contributed by atoms with van der Waals surface area (Å²) >= 11 is 0. The molecule has 1 aliphatic carbocycles. The zero-order valence-electron chi connectivity index (χ0n) is 13.5. The fraction of sp³-hybridized carbons (Fsp3) is 0.765. The third-order valence-electron chi connectivity index (χ3n) is 4.23. The summed E-state index contributed by atoms with van der Waals surface area (Å²) in [7, 11) is 2.25. The minimum atomic E-state index is 0.124. The molecule has 114 valence electrons. The molecule has 0 radical (unpaired) electrons. The molecular formula is C17H30N2O. The highest BCUT2D eigenvalue weighted by atomic mass is 16.3. The number of hydrogen-bond acceptors (Lipinski definition) is 3. The molecule has 0 aliphatic heterocycles. The first-order chi connectivity index (χ1) is 9.46. The van der Waals surface area contributed by atoms with Crippen LogP contribution in [0.5, 0.6) is 0 Å². The van der Waals surface area contributed by atoms with Crippen molar-refractivity contribution in [3.05, 3.63) is 23.7 Å². The van der Waals surface area contributed by atoms with Crippen LogP contribution in [0.15, 0.2) is 16.7 Å². The fourth-order valence-corrected chi connectivity index (χ4v) is 2.93. The first-order valence-electron chi connectivity index (χ1n) is 7.96. The summed E-state index contributed by atoms with van der Waals surface area (Å²) in [5.41, 5.74) is 1.45. The summed E-state index contributed by atoms with van der Waals surface area (Å²) in [5, 5.41) is 3.51. The van der Waals surface area contributed by atoms with Crippen LogP contribution < -0.4 is 5.32 Å². The molecule has 0 aromatic carbocycles. The first kappa shape index (κ1) is 15.6. The fourth-order valence-electron chi connectivity index (χ4n) is 2.93. The number of hydrogen-bond donors (Lipinski definition) is 1. The minimum absolute atomic E-state index is 0.124. The smallest absolute Gasteiger partial charge is 0.122 e. The van der Waals surface area contributed by atoms with E-state index in [2.05, 4.69) is 44.1 Å². The Hall–Kier alpha value is -0.800. The Morgan fingerprint density at radius 3 is 2.60 bits per heavy atom. The van der Waals surface area contributed by atoms with Crippen LogP contribution in [0.3, 0.4) is 0 Å². The summed E-state index contributed by atoms with van der Waals surface area (Å²) in [6.07, 6.45) is 8.71. The second-order valence-corrected chi connectivity index (χ2v) is 7.18. The number of nitrogens with zero attached hydrogens (tertiary/aromatic N) is 1. The van der Waals surface area contributed by atoms with Gasteiger partial charge in [0.05, 0.1) is 12.8 Å². The molecule has 0 bridgehead atoms. The Balaban J connectivity index is 1.90. The second-order valence-electron chi connectivity index (χ2n) is 7.18. The second kappa shape index (κ2) is 6.77. The molecule has 0 saturated heterocycles. The lowest BCUT2D eigenvalue weighted by Gasteiger charge is -2.31. The Labute approximate surface area is 123 Å². The van der Waals surface area contributed by atoms with Gasteiger partial charge in [0.25, 0.3) is 0 Å². The Bertz CT molecular complexity index is 399. The molecule has 1 N–H and O–H groups in total. The van der Waals surface area contributed by atoms with Gasteiger partial charge >= 0.3 is 0 Å². The molecule has 3 nitrogen and oxygen atoms in total. The molecule has 0 amide bonds. The zero-order chi connectivity index (χ0) is 14.6. The number of furan rings is 1. The monoisotopic (exact) mass is 278 g/mol. The highest BCUT2D eigenvalue weighted by molar-refractivity contribution is 5.17. The van der Waals surface area contributed by atoms with Gasteiger partial charge in [-0.05, 0) is 46.7 Å². The van der Waals surface area contributed by atoms with Crippen LogP contribution in [0.25, 0.3) is 0 Å². The molecule has 0 unspecified atom stereocenters. The van der Waals surface area contributed by atoms with E-state index in [1.807, 2.05) is 6.26 Å². The molecule has 2 rings (SSSR count).